The van der Waals surface area contributed by atoms with Gasteiger partial charge in [0.2, 0.25) is 5.91 Å². The number of halogens is 1. The number of hydrogen-bond acceptors (Lipinski definition) is 7. The Bertz CT molecular complexity index is 978. The molecule has 1 heterocycles. The second-order valence-corrected chi connectivity index (χ2v) is 8.47. The average Bonchev–Trinajstić information content (AvgIpc) is 3.05. The van der Waals surface area contributed by atoms with Crippen molar-refractivity contribution in [3.05, 3.63) is 44.3 Å². The first-order chi connectivity index (χ1) is 15.2. The van der Waals surface area contributed by atoms with Crippen LogP contribution in [0.1, 0.15) is 63.4 Å². The predicted molar refractivity (Wildman–Crippen MR) is 125 cm³/mol. The summed E-state index contributed by atoms with van der Waals surface area (Å²) in [6.45, 7) is 9.56. The Labute approximate surface area is 197 Å². The Morgan fingerprint density at radius 1 is 1.00 bits per heavy atom. The van der Waals surface area contributed by atoms with Crippen LogP contribution < -0.4 is 10.1 Å². The number of carbonyl (C=O) groups is 3. The topological polar surface area (TPSA) is 90.9 Å². The number of amides is 1. The maximum absolute atomic E-state index is 12.5. The van der Waals surface area contributed by atoms with E-state index in [1.807, 2.05) is 26.0 Å². The van der Waals surface area contributed by atoms with Gasteiger partial charge in [-0.1, -0.05) is 11.6 Å². The lowest BCUT2D eigenvalue weighted by Gasteiger charge is -2.10. The van der Waals surface area contributed by atoms with Gasteiger partial charge in [0, 0.05) is 11.4 Å². The van der Waals surface area contributed by atoms with Crippen LogP contribution in [-0.2, 0) is 14.3 Å². The highest BCUT2D eigenvalue weighted by Crippen LogP contribution is 2.34. The minimum Gasteiger partial charge on any atom is -0.494 e. The van der Waals surface area contributed by atoms with Gasteiger partial charge in [-0.25, -0.2) is 9.59 Å². The maximum atomic E-state index is 12.5. The summed E-state index contributed by atoms with van der Waals surface area (Å²) in [6.07, 6.45) is 0.649. The summed E-state index contributed by atoms with van der Waals surface area (Å²) in [5.41, 5.74) is 2.46. The van der Waals surface area contributed by atoms with Gasteiger partial charge in [-0.3, -0.25) is 4.79 Å². The molecule has 0 fully saturated rings. The van der Waals surface area contributed by atoms with Gasteiger partial charge in [-0.2, -0.15) is 0 Å². The molecule has 0 saturated carbocycles. The number of carbonyl (C=O) groups excluding carboxylic acids is 3. The van der Waals surface area contributed by atoms with E-state index in [-0.39, 0.29) is 41.0 Å². The highest BCUT2D eigenvalue weighted by atomic mass is 35.5. The predicted octanol–water partition coefficient (Wildman–Crippen LogP) is 5.48. The first-order valence-electron chi connectivity index (χ1n) is 10.4. The molecule has 1 amide bonds. The van der Waals surface area contributed by atoms with Crippen molar-refractivity contribution in [2.75, 3.05) is 25.1 Å². The fourth-order valence-corrected chi connectivity index (χ4v) is 4.26. The molecule has 0 bridgehead atoms. The van der Waals surface area contributed by atoms with Crippen LogP contribution in [0.25, 0.3) is 0 Å². The van der Waals surface area contributed by atoms with Gasteiger partial charge in [0.05, 0.1) is 25.4 Å². The molecule has 0 aliphatic heterocycles. The van der Waals surface area contributed by atoms with Crippen molar-refractivity contribution in [2.24, 2.45) is 0 Å². The Kier molecular flexibility index (Phi) is 9.53. The zero-order valence-corrected chi connectivity index (χ0v) is 20.5. The van der Waals surface area contributed by atoms with Crippen LogP contribution in [0, 0.1) is 20.8 Å². The third-order valence-electron chi connectivity index (χ3n) is 4.57. The van der Waals surface area contributed by atoms with Crippen LogP contribution in [0.3, 0.4) is 0 Å². The minimum atomic E-state index is -0.594. The summed E-state index contributed by atoms with van der Waals surface area (Å²) in [6, 6.07) is 3.71. The van der Waals surface area contributed by atoms with E-state index in [0.29, 0.717) is 29.4 Å². The Morgan fingerprint density at radius 3 is 2.19 bits per heavy atom. The molecule has 1 aromatic carbocycles. The van der Waals surface area contributed by atoms with E-state index in [1.54, 1.807) is 20.8 Å². The second-order valence-electron chi connectivity index (χ2n) is 7.07. The quantitative estimate of drug-likeness (QED) is 0.357. The highest BCUT2D eigenvalue weighted by Gasteiger charge is 2.27. The lowest BCUT2D eigenvalue weighted by molar-refractivity contribution is -0.116. The third-order valence-corrected chi connectivity index (χ3v) is 6.35. The molecular formula is C23H28ClNO6S. The molecule has 0 aliphatic rings. The van der Waals surface area contributed by atoms with E-state index in [9.17, 15) is 14.4 Å². The van der Waals surface area contributed by atoms with Crippen LogP contribution in [0.5, 0.6) is 5.75 Å². The molecule has 0 saturated heterocycles. The van der Waals surface area contributed by atoms with Gasteiger partial charge in [-0.15, -0.1) is 11.3 Å². The molecule has 0 atom stereocenters. The molecule has 0 unspecified atom stereocenters. The van der Waals surface area contributed by atoms with Crippen molar-refractivity contribution < 1.29 is 28.6 Å². The van der Waals surface area contributed by atoms with E-state index < -0.39 is 11.9 Å². The van der Waals surface area contributed by atoms with Crippen LogP contribution >= 0.6 is 22.9 Å². The Morgan fingerprint density at radius 2 is 1.59 bits per heavy atom. The maximum Gasteiger partial charge on any atom is 0.348 e. The summed E-state index contributed by atoms with van der Waals surface area (Å²) in [5, 5.41) is 3.72. The second kappa shape index (κ2) is 11.9. The number of benzene rings is 1. The first kappa shape index (κ1) is 25.7. The van der Waals surface area contributed by atoms with E-state index in [2.05, 4.69) is 5.32 Å². The molecule has 1 N–H and O–H groups in total. The summed E-state index contributed by atoms with van der Waals surface area (Å²) >= 11 is 7.17. The van der Waals surface area contributed by atoms with Crippen LogP contribution in [0.4, 0.5) is 5.00 Å². The smallest absolute Gasteiger partial charge is 0.348 e. The number of hydrogen-bond donors (Lipinski definition) is 1. The van der Waals surface area contributed by atoms with E-state index in [1.165, 1.54) is 0 Å². The lowest BCUT2D eigenvalue weighted by Crippen LogP contribution is -2.15. The Hall–Kier alpha value is -2.58. The number of esters is 2. The third kappa shape index (κ3) is 6.46. The number of nitrogens with one attached hydrogen (secondary N) is 1. The highest BCUT2D eigenvalue weighted by molar-refractivity contribution is 7.18. The zero-order chi connectivity index (χ0) is 23.8. The molecular weight excluding hydrogens is 454 g/mol. The first-order valence-corrected chi connectivity index (χ1v) is 11.6. The summed E-state index contributed by atoms with van der Waals surface area (Å²) < 4.78 is 15.9. The van der Waals surface area contributed by atoms with Gasteiger partial charge in [0.15, 0.2) is 0 Å². The SMILES string of the molecule is CCOC(=O)c1sc(NC(=O)CCCOc2cc(C)c(Cl)c(C)c2)c(C(=O)OCC)c1C. The summed E-state index contributed by atoms with van der Waals surface area (Å²) in [4.78, 5) is 37.4. The molecule has 32 heavy (non-hydrogen) atoms. The van der Waals surface area contributed by atoms with E-state index in [4.69, 9.17) is 25.8 Å². The van der Waals surface area contributed by atoms with Gasteiger partial charge in [-0.05, 0) is 69.9 Å². The number of thiophene rings is 1. The van der Waals surface area contributed by atoms with Crippen molar-refractivity contribution in [3.63, 3.8) is 0 Å². The number of rotatable bonds is 10. The fraction of sp³-hybridized carbons (Fsp3) is 0.435. The van der Waals surface area contributed by atoms with Crippen molar-refractivity contribution in [3.8, 4) is 5.75 Å². The van der Waals surface area contributed by atoms with Gasteiger partial charge < -0.3 is 19.5 Å². The van der Waals surface area contributed by atoms with Crippen molar-refractivity contribution >= 4 is 45.8 Å². The molecule has 1 aromatic heterocycles. The van der Waals surface area contributed by atoms with E-state index >= 15 is 0 Å². The minimum absolute atomic E-state index is 0.177. The number of anilines is 1. The normalized spacial score (nSPS) is 10.6. The van der Waals surface area contributed by atoms with Crippen molar-refractivity contribution in [1.29, 1.82) is 0 Å². The summed E-state index contributed by atoms with van der Waals surface area (Å²) in [7, 11) is 0. The number of ether oxygens (including phenoxy) is 3. The van der Waals surface area contributed by atoms with Gasteiger partial charge in [0.25, 0.3) is 0 Å². The molecule has 0 spiro atoms. The molecule has 2 rings (SSSR count). The van der Waals surface area contributed by atoms with Crippen LogP contribution in [0.15, 0.2) is 12.1 Å². The zero-order valence-electron chi connectivity index (χ0n) is 18.9. The monoisotopic (exact) mass is 481 g/mol. The number of aryl methyl sites for hydroxylation is 2. The summed E-state index contributed by atoms with van der Waals surface area (Å²) in [5.74, 6) is -0.728. The van der Waals surface area contributed by atoms with Crippen molar-refractivity contribution in [1.82, 2.24) is 0 Å². The molecule has 0 radical (unpaired) electrons. The van der Waals surface area contributed by atoms with Gasteiger partial charge >= 0.3 is 11.9 Å². The largest absolute Gasteiger partial charge is 0.494 e. The van der Waals surface area contributed by atoms with Crippen LogP contribution in [0.2, 0.25) is 5.02 Å². The van der Waals surface area contributed by atoms with Gasteiger partial charge in [0.1, 0.15) is 15.6 Å². The fourth-order valence-electron chi connectivity index (χ4n) is 3.04. The standard InChI is InChI=1S/C23H28ClNO6S/c1-6-29-22(27)18-15(5)20(23(28)30-7-2)32-21(18)25-17(26)9-8-10-31-16-11-13(3)19(24)14(4)12-16/h11-12H,6-10H2,1-5H3,(H,25,26). The molecule has 7 nitrogen and oxygen atoms in total. The van der Waals surface area contributed by atoms with Crippen LogP contribution in [-0.4, -0.2) is 37.7 Å². The molecule has 9 heteroatoms. The Balaban J connectivity index is 2.02. The molecule has 174 valence electrons. The molecule has 0 aliphatic carbocycles. The lowest BCUT2D eigenvalue weighted by atomic mass is 10.1. The average molecular weight is 482 g/mol. The van der Waals surface area contributed by atoms with E-state index in [0.717, 1.165) is 22.5 Å². The van der Waals surface area contributed by atoms with Crippen molar-refractivity contribution in [2.45, 2.75) is 47.5 Å². The molecule has 2 aromatic rings.